The maximum atomic E-state index is 12.6. The molecule has 0 unspecified atom stereocenters. The van der Waals surface area contributed by atoms with Crippen LogP contribution in [0.4, 0.5) is 5.69 Å². The number of benzene rings is 1. The molecule has 1 aromatic carbocycles. The van der Waals surface area contributed by atoms with Crippen LogP contribution in [0.5, 0.6) is 0 Å². The van der Waals surface area contributed by atoms with E-state index in [0.29, 0.717) is 17.4 Å². The van der Waals surface area contributed by atoms with Crippen molar-refractivity contribution in [1.29, 1.82) is 0 Å². The molecule has 0 spiro atoms. The number of carbonyl (C=O) groups is 1. The summed E-state index contributed by atoms with van der Waals surface area (Å²) in [6, 6.07) is 9.99. The zero-order chi connectivity index (χ0) is 17.7. The van der Waals surface area contributed by atoms with E-state index in [1.807, 2.05) is 26.0 Å². The lowest BCUT2D eigenvalue weighted by atomic mass is 10.3. The summed E-state index contributed by atoms with van der Waals surface area (Å²) in [5.74, 6) is 0.0328. The van der Waals surface area contributed by atoms with E-state index >= 15 is 0 Å². The van der Waals surface area contributed by atoms with Crippen molar-refractivity contribution in [3.8, 4) is 0 Å². The fourth-order valence-corrected chi connectivity index (χ4v) is 4.18. The Bertz CT molecular complexity index is 718. The smallest absolute Gasteiger partial charge is 0.269 e. The van der Waals surface area contributed by atoms with Crippen molar-refractivity contribution in [2.45, 2.75) is 30.5 Å². The molecule has 0 aliphatic rings. The Morgan fingerprint density at radius 1 is 1.33 bits per heavy atom. The van der Waals surface area contributed by atoms with E-state index in [-0.39, 0.29) is 16.8 Å². The number of nitro benzene ring substituents is 1. The van der Waals surface area contributed by atoms with Gasteiger partial charge in [-0.15, -0.1) is 23.1 Å². The molecule has 0 radical (unpaired) electrons. The average Bonchev–Trinajstić information content (AvgIpc) is 2.97. The van der Waals surface area contributed by atoms with Gasteiger partial charge < -0.3 is 4.90 Å². The summed E-state index contributed by atoms with van der Waals surface area (Å²) in [6.07, 6.45) is 0. The number of nitrogens with zero attached hydrogens (tertiary/aromatic N) is 2. The molecule has 0 saturated carbocycles. The Balaban J connectivity index is 1.99. The van der Waals surface area contributed by atoms with E-state index < -0.39 is 4.92 Å². The maximum Gasteiger partial charge on any atom is 0.269 e. The summed E-state index contributed by atoms with van der Waals surface area (Å²) in [6.45, 7) is 4.94. The van der Waals surface area contributed by atoms with E-state index in [0.717, 1.165) is 9.77 Å². The van der Waals surface area contributed by atoms with Crippen LogP contribution in [-0.4, -0.2) is 27.5 Å². The quantitative estimate of drug-likeness (QED) is 0.389. The van der Waals surface area contributed by atoms with Gasteiger partial charge in [0.2, 0.25) is 5.91 Å². The highest BCUT2D eigenvalue weighted by molar-refractivity contribution is 8.00. The fraction of sp³-hybridized carbons (Fsp3) is 0.312. The lowest BCUT2D eigenvalue weighted by molar-refractivity contribution is -0.384. The van der Waals surface area contributed by atoms with Crippen LogP contribution in [0.3, 0.4) is 0 Å². The Hall–Kier alpha value is -1.57. The number of non-ortho nitro benzene ring substituents is 1. The van der Waals surface area contributed by atoms with Gasteiger partial charge in [0.1, 0.15) is 0 Å². The molecular formula is C16H17ClN2O3S2. The summed E-state index contributed by atoms with van der Waals surface area (Å²) in [7, 11) is 0. The number of thioether (sulfide) groups is 1. The highest BCUT2D eigenvalue weighted by atomic mass is 35.5. The molecule has 0 fully saturated rings. The lowest BCUT2D eigenvalue weighted by Gasteiger charge is -2.23. The van der Waals surface area contributed by atoms with E-state index in [1.54, 1.807) is 17.0 Å². The third-order valence-corrected chi connectivity index (χ3v) is 5.69. The first-order chi connectivity index (χ1) is 11.4. The molecule has 128 valence electrons. The van der Waals surface area contributed by atoms with Gasteiger partial charge in [-0.3, -0.25) is 14.9 Å². The molecule has 0 saturated heterocycles. The molecule has 2 aromatic rings. The zero-order valence-electron chi connectivity index (χ0n) is 13.3. The molecule has 0 aliphatic carbocycles. The van der Waals surface area contributed by atoms with Gasteiger partial charge in [0.05, 0.1) is 21.1 Å². The number of halogens is 1. The Kier molecular flexibility index (Phi) is 6.65. The van der Waals surface area contributed by atoms with Crippen molar-refractivity contribution >= 4 is 46.3 Å². The van der Waals surface area contributed by atoms with E-state index in [2.05, 4.69) is 0 Å². The molecule has 0 N–H and O–H groups in total. The van der Waals surface area contributed by atoms with Gasteiger partial charge >= 0.3 is 0 Å². The minimum Gasteiger partial charge on any atom is -0.337 e. The zero-order valence-corrected chi connectivity index (χ0v) is 15.7. The third kappa shape index (κ3) is 4.96. The number of hydrogen-bond acceptors (Lipinski definition) is 5. The van der Waals surface area contributed by atoms with Crippen molar-refractivity contribution in [1.82, 2.24) is 4.90 Å². The predicted octanol–water partition coefficient (Wildman–Crippen LogP) is 4.84. The van der Waals surface area contributed by atoms with Gasteiger partial charge in [-0.1, -0.05) is 11.6 Å². The van der Waals surface area contributed by atoms with Gasteiger partial charge in [-0.25, -0.2) is 0 Å². The summed E-state index contributed by atoms with van der Waals surface area (Å²) in [5, 5.41) is 10.4. The molecule has 8 heteroatoms. The number of rotatable bonds is 7. The second-order valence-electron chi connectivity index (χ2n) is 5.07. The molecule has 5 nitrogen and oxygen atoms in total. The number of nitro groups is 1. The predicted molar refractivity (Wildman–Crippen MR) is 98.8 cm³/mol. The van der Waals surface area contributed by atoms with Crippen LogP contribution in [-0.2, 0) is 11.3 Å². The molecule has 2 rings (SSSR count). The van der Waals surface area contributed by atoms with Gasteiger partial charge in [0, 0.05) is 28.5 Å². The van der Waals surface area contributed by atoms with Gasteiger partial charge in [-0.05, 0) is 38.1 Å². The van der Waals surface area contributed by atoms with Crippen LogP contribution in [0.2, 0.25) is 4.34 Å². The molecule has 1 heterocycles. The largest absolute Gasteiger partial charge is 0.337 e. The number of amides is 1. The Morgan fingerprint density at radius 3 is 2.50 bits per heavy atom. The first kappa shape index (κ1) is 18.8. The highest BCUT2D eigenvalue weighted by Crippen LogP contribution is 2.28. The van der Waals surface area contributed by atoms with E-state index in [4.69, 9.17) is 11.6 Å². The summed E-state index contributed by atoms with van der Waals surface area (Å²) in [4.78, 5) is 26.5. The summed E-state index contributed by atoms with van der Waals surface area (Å²) < 4.78 is 0.710. The molecule has 1 amide bonds. The fourth-order valence-electron chi connectivity index (χ4n) is 2.13. The van der Waals surface area contributed by atoms with Crippen LogP contribution >= 0.6 is 34.7 Å². The number of thiophene rings is 1. The second-order valence-corrected chi connectivity index (χ2v) is 8.28. The maximum absolute atomic E-state index is 12.6. The van der Waals surface area contributed by atoms with Crippen LogP contribution in [0.15, 0.2) is 41.3 Å². The van der Waals surface area contributed by atoms with Crippen molar-refractivity contribution in [2.75, 3.05) is 6.54 Å². The van der Waals surface area contributed by atoms with E-state index in [1.165, 1.54) is 35.2 Å². The Morgan fingerprint density at radius 2 is 2.00 bits per heavy atom. The summed E-state index contributed by atoms with van der Waals surface area (Å²) in [5.41, 5.74) is 0.0445. The molecule has 24 heavy (non-hydrogen) atoms. The van der Waals surface area contributed by atoms with E-state index in [9.17, 15) is 14.9 Å². The van der Waals surface area contributed by atoms with Gasteiger partial charge in [-0.2, -0.15) is 0 Å². The minimum atomic E-state index is -0.437. The van der Waals surface area contributed by atoms with Crippen LogP contribution in [0.25, 0.3) is 0 Å². The van der Waals surface area contributed by atoms with Crippen molar-refractivity contribution in [3.63, 3.8) is 0 Å². The minimum absolute atomic E-state index is 0.0328. The number of hydrogen-bond donors (Lipinski definition) is 0. The molecular weight excluding hydrogens is 368 g/mol. The van der Waals surface area contributed by atoms with Gasteiger partial charge in [0.25, 0.3) is 5.69 Å². The highest BCUT2D eigenvalue weighted by Gasteiger charge is 2.21. The average molecular weight is 385 g/mol. The number of carbonyl (C=O) groups excluding carboxylic acids is 1. The summed E-state index contributed by atoms with van der Waals surface area (Å²) >= 11 is 8.80. The molecule has 0 aliphatic heterocycles. The van der Waals surface area contributed by atoms with Gasteiger partial charge in [0.15, 0.2) is 0 Å². The van der Waals surface area contributed by atoms with Crippen LogP contribution < -0.4 is 0 Å². The standard InChI is InChI=1S/C16H17ClN2O3S2/c1-3-18(10-14-8-9-15(17)24-14)16(20)11(2)23-13-6-4-12(5-7-13)19(21)22/h4-9,11H,3,10H2,1-2H3/t11-/m0/s1. The Labute approximate surface area is 153 Å². The normalized spacial score (nSPS) is 12.0. The third-order valence-electron chi connectivity index (χ3n) is 3.38. The molecule has 1 atom stereocenters. The van der Waals surface area contributed by atoms with Crippen molar-refractivity contribution < 1.29 is 9.72 Å². The SMILES string of the molecule is CCN(Cc1ccc(Cl)s1)C(=O)[C@H](C)Sc1ccc([N+](=O)[O-])cc1. The second kappa shape index (κ2) is 8.50. The topological polar surface area (TPSA) is 63.5 Å². The molecule has 0 bridgehead atoms. The van der Waals surface area contributed by atoms with Crippen molar-refractivity contribution in [2.24, 2.45) is 0 Å². The van der Waals surface area contributed by atoms with Crippen molar-refractivity contribution in [3.05, 3.63) is 55.7 Å². The monoisotopic (exact) mass is 384 g/mol. The first-order valence-corrected chi connectivity index (χ1v) is 9.42. The lowest BCUT2D eigenvalue weighted by Crippen LogP contribution is -2.35. The molecule has 1 aromatic heterocycles. The van der Waals surface area contributed by atoms with Crippen LogP contribution in [0.1, 0.15) is 18.7 Å². The van der Waals surface area contributed by atoms with Crippen LogP contribution in [0, 0.1) is 10.1 Å². The first-order valence-electron chi connectivity index (χ1n) is 7.34.